The van der Waals surface area contributed by atoms with Crippen LogP contribution in [0.5, 0.6) is 5.75 Å². The number of hydrogen-bond acceptors (Lipinski definition) is 10. The number of nitrogens with zero attached hydrogens (tertiary/aromatic N) is 7. The van der Waals surface area contributed by atoms with E-state index in [4.69, 9.17) is 14.7 Å². The van der Waals surface area contributed by atoms with Crippen molar-refractivity contribution in [2.75, 3.05) is 88.5 Å². The second kappa shape index (κ2) is 11.9. The minimum atomic E-state index is -0.297. The average molecular weight is 572 g/mol. The fourth-order valence-electron chi connectivity index (χ4n) is 5.81. The molecule has 11 heteroatoms. The normalized spacial score (nSPS) is 17.9. The number of carbonyl (C=O) groups is 1. The summed E-state index contributed by atoms with van der Waals surface area (Å²) in [5.41, 5.74) is 5.33. The first-order valence-corrected chi connectivity index (χ1v) is 14.2. The van der Waals surface area contributed by atoms with Gasteiger partial charge in [0.1, 0.15) is 11.6 Å². The van der Waals surface area contributed by atoms with Crippen LogP contribution in [0.4, 0.5) is 34.5 Å². The monoisotopic (exact) mass is 571 g/mol. The molecule has 0 saturated carbocycles. The molecule has 42 heavy (non-hydrogen) atoms. The number of rotatable bonds is 10. The van der Waals surface area contributed by atoms with Crippen molar-refractivity contribution in [3.63, 3.8) is 0 Å². The Balaban J connectivity index is 1.47. The van der Waals surface area contributed by atoms with E-state index >= 15 is 0 Å². The van der Waals surface area contributed by atoms with Gasteiger partial charge in [-0.15, -0.1) is 0 Å². The number of nitrogens with one attached hydrogen (secondary N) is 2. The summed E-state index contributed by atoms with van der Waals surface area (Å²) in [6.07, 6.45) is 4.08. The molecular formula is C31H41N9O2. The number of likely N-dealkylation sites (N-methyl/N-ethyl adjacent to an activating group) is 3. The van der Waals surface area contributed by atoms with Crippen molar-refractivity contribution in [3.05, 3.63) is 60.6 Å². The molecule has 1 saturated heterocycles. The third-order valence-corrected chi connectivity index (χ3v) is 8.03. The summed E-state index contributed by atoms with van der Waals surface area (Å²) in [5, 5.41) is 6.28. The Hall–Kier alpha value is -4.22. The summed E-state index contributed by atoms with van der Waals surface area (Å²) >= 11 is 0. The van der Waals surface area contributed by atoms with Crippen molar-refractivity contribution in [1.82, 2.24) is 24.8 Å². The molecule has 222 valence electrons. The number of aromatic nitrogens is 3. The molecule has 5 rings (SSSR count). The fourth-order valence-corrected chi connectivity index (χ4v) is 5.81. The van der Waals surface area contributed by atoms with Crippen LogP contribution in [0.15, 0.2) is 49.2 Å². The molecule has 2 N–H and O–H groups in total. The molecule has 0 bridgehead atoms. The van der Waals surface area contributed by atoms with E-state index in [0.717, 1.165) is 67.7 Å². The van der Waals surface area contributed by atoms with Gasteiger partial charge >= 0.3 is 0 Å². The number of benzene rings is 1. The summed E-state index contributed by atoms with van der Waals surface area (Å²) in [4.78, 5) is 35.6. The molecule has 0 radical (unpaired) electrons. The lowest BCUT2D eigenvalue weighted by atomic mass is 9.85. The standard InChI is InChI=1S/C31H41N9O2/c1-8-28(41)34-22-17-23(26(42-7)18-25(22)39(6)16-15-37(3)4)35-30-32-13-11-27(36-30)40-20-31(12-14-38(5)19-31)29-24(40)10-9-21(2)33-29/h8-11,13,17-18H,1,12,14-16,19-20H2,2-7H3,(H,34,41)(H,32,35,36). The van der Waals surface area contributed by atoms with Gasteiger partial charge in [-0.1, -0.05) is 6.58 Å². The fraction of sp³-hybridized carbons (Fsp3) is 0.419. The molecule has 1 amide bonds. The number of likely N-dealkylation sites (tertiary alicyclic amines) is 1. The molecular weight excluding hydrogens is 530 g/mol. The van der Waals surface area contributed by atoms with Crippen molar-refractivity contribution in [1.29, 1.82) is 0 Å². The maximum atomic E-state index is 12.3. The Kier molecular flexibility index (Phi) is 8.33. The Labute approximate surface area is 248 Å². The van der Waals surface area contributed by atoms with Crippen LogP contribution in [0, 0.1) is 6.92 Å². The highest BCUT2D eigenvalue weighted by atomic mass is 16.5. The maximum absolute atomic E-state index is 12.3. The van der Waals surface area contributed by atoms with Gasteiger partial charge < -0.3 is 35.0 Å². The number of methoxy groups -OCH3 is 1. The summed E-state index contributed by atoms with van der Waals surface area (Å²) < 4.78 is 5.77. The Morgan fingerprint density at radius 2 is 1.95 bits per heavy atom. The third-order valence-electron chi connectivity index (χ3n) is 8.03. The molecule has 1 fully saturated rings. The first-order chi connectivity index (χ1) is 20.1. The summed E-state index contributed by atoms with van der Waals surface area (Å²) in [7, 11) is 9.84. The van der Waals surface area contributed by atoms with Gasteiger partial charge in [-0.3, -0.25) is 9.78 Å². The number of anilines is 6. The molecule has 2 aliphatic heterocycles. The predicted molar refractivity (Wildman–Crippen MR) is 169 cm³/mol. The van der Waals surface area contributed by atoms with Gasteiger partial charge in [0.05, 0.1) is 35.6 Å². The van der Waals surface area contributed by atoms with E-state index in [2.05, 4.69) is 61.0 Å². The van der Waals surface area contributed by atoms with Crippen LogP contribution in [-0.4, -0.2) is 98.7 Å². The smallest absolute Gasteiger partial charge is 0.247 e. The Bertz CT molecular complexity index is 1480. The first-order valence-electron chi connectivity index (χ1n) is 14.2. The predicted octanol–water partition coefficient (Wildman–Crippen LogP) is 3.78. The van der Waals surface area contributed by atoms with Crippen LogP contribution in [0.2, 0.25) is 0 Å². The zero-order valence-electron chi connectivity index (χ0n) is 25.4. The topological polar surface area (TPSA) is 102 Å². The van der Waals surface area contributed by atoms with Gasteiger partial charge in [-0.25, -0.2) is 4.98 Å². The van der Waals surface area contributed by atoms with Gasteiger partial charge in [0.15, 0.2) is 0 Å². The van der Waals surface area contributed by atoms with Crippen LogP contribution in [0.3, 0.4) is 0 Å². The highest BCUT2D eigenvalue weighted by Gasteiger charge is 2.48. The second-order valence-electron chi connectivity index (χ2n) is 11.5. The molecule has 3 aromatic rings. The molecule has 11 nitrogen and oxygen atoms in total. The van der Waals surface area contributed by atoms with Crippen molar-refractivity contribution in [2.45, 2.75) is 18.8 Å². The number of carbonyl (C=O) groups excluding carboxylic acids is 1. The van der Waals surface area contributed by atoms with Crippen LogP contribution in [-0.2, 0) is 10.2 Å². The Morgan fingerprint density at radius 1 is 1.14 bits per heavy atom. The van der Waals surface area contributed by atoms with E-state index in [1.165, 1.54) is 6.08 Å². The number of fused-ring (bicyclic) bond motifs is 2. The zero-order chi connectivity index (χ0) is 30.0. The lowest BCUT2D eigenvalue weighted by Gasteiger charge is -2.26. The van der Waals surface area contributed by atoms with Gasteiger partial charge in [0.2, 0.25) is 11.9 Å². The number of aryl methyl sites for hydroxylation is 1. The molecule has 1 spiro atoms. The summed E-state index contributed by atoms with van der Waals surface area (Å²) in [6.45, 7) is 10.1. The lowest BCUT2D eigenvalue weighted by Crippen LogP contribution is -2.35. The van der Waals surface area contributed by atoms with Crippen LogP contribution in [0.25, 0.3) is 0 Å². The largest absolute Gasteiger partial charge is 0.494 e. The highest BCUT2D eigenvalue weighted by Crippen LogP contribution is 2.47. The van der Waals surface area contributed by atoms with Crippen LogP contribution in [0.1, 0.15) is 17.8 Å². The highest BCUT2D eigenvalue weighted by molar-refractivity contribution is 6.02. The van der Waals surface area contributed by atoms with Crippen LogP contribution >= 0.6 is 0 Å². The van der Waals surface area contributed by atoms with Crippen molar-refractivity contribution in [3.8, 4) is 5.75 Å². The first kappa shape index (κ1) is 29.3. The molecule has 0 aliphatic carbocycles. The lowest BCUT2D eigenvalue weighted by molar-refractivity contribution is -0.111. The average Bonchev–Trinajstić information content (AvgIpc) is 3.50. The van der Waals surface area contributed by atoms with Crippen molar-refractivity contribution >= 4 is 40.4 Å². The van der Waals surface area contributed by atoms with Gasteiger partial charge in [-0.2, -0.15) is 4.98 Å². The SMILES string of the molecule is C=CC(=O)Nc1cc(Nc2nccc(N3CC4(CCN(C)C4)c4nc(C)ccc43)n2)c(OC)cc1N(C)CCN(C)C. The second-order valence-corrected chi connectivity index (χ2v) is 11.5. The van der Waals surface area contributed by atoms with E-state index in [0.29, 0.717) is 23.1 Å². The quantitative estimate of drug-likeness (QED) is 0.350. The van der Waals surface area contributed by atoms with Gasteiger partial charge in [0.25, 0.3) is 0 Å². The van der Waals surface area contributed by atoms with E-state index in [-0.39, 0.29) is 11.3 Å². The number of ether oxygens (including phenoxy) is 1. The van der Waals surface area contributed by atoms with Crippen LogP contribution < -0.4 is 25.2 Å². The number of hydrogen-bond donors (Lipinski definition) is 2. The minimum absolute atomic E-state index is 0.0232. The van der Waals surface area contributed by atoms with E-state index in [1.54, 1.807) is 13.3 Å². The minimum Gasteiger partial charge on any atom is -0.494 e. The van der Waals surface area contributed by atoms with E-state index < -0.39 is 0 Å². The maximum Gasteiger partial charge on any atom is 0.247 e. The molecule has 2 aliphatic rings. The van der Waals surface area contributed by atoms with Crippen molar-refractivity contribution in [2.24, 2.45) is 0 Å². The molecule has 2 aromatic heterocycles. The van der Waals surface area contributed by atoms with Gasteiger partial charge in [0, 0.05) is 56.6 Å². The molecule has 1 unspecified atom stereocenters. The van der Waals surface area contributed by atoms with Crippen molar-refractivity contribution < 1.29 is 9.53 Å². The summed E-state index contributed by atoms with van der Waals surface area (Å²) in [5.74, 6) is 1.53. The Morgan fingerprint density at radius 3 is 2.64 bits per heavy atom. The third kappa shape index (κ3) is 5.88. The molecule has 1 atom stereocenters. The number of pyridine rings is 1. The van der Waals surface area contributed by atoms with E-state index in [9.17, 15) is 4.79 Å². The molecule has 1 aromatic carbocycles. The van der Waals surface area contributed by atoms with Gasteiger partial charge in [-0.05, 0) is 71.4 Å². The molecule has 4 heterocycles. The number of amides is 1. The zero-order valence-corrected chi connectivity index (χ0v) is 25.4. The van der Waals surface area contributed by atoms with E-state index in [1.807, 2.05) is 46.3 Å². The summed E-state index contributed by atoms with van der Waals surface area (Å²) in [6, 6.07) is 9.90.